The molecule has 1 atom stereocenters. The zero-order valence-corrected chi connectivity index (χ0v) is 16.3. The fourth-order valence-corrected chi connectivity index (χ4v) is 3.89. The molecule has 10 nitrogen and oxygen atoms in total. The van der Waals surface area contributed by atoms with Crippen LogP contribution in [0.5, 0.6) is 0 Å². The number of carbonyl (C=O) groups is 3. The third-order valence-corrected chi connectivity index (χ3v) is 5.33. The predicted molar refractivity (Wildman–Crippen MR) is 103 cm³/mol. The number of para-hydroxylation sites is 1. The number of hydrogen-bond donors (Lipinski definition) is 3. The molecule has 13 heteroatoms. The summed E-state index contributed by atoms with van der Waals surface area (Å²) in [6.45, 7) is -0.530. The van der Waals surface area contributed by atoms with E-state index in [-0.39, 0.29) is 18.7 Å². The first-order chi connectivity index (χ1) is 15.1. The Kier molecular flexibility index (Phi) is 4.90. The lowest BCUT2D eigenvalue weighted by Gasteiger charge is -2.30. The molecule has 0 spiro atoms. The second-order valence-electron chi connectivity index (χ2n) is 7.32. The number of benzene rings is 1. The molecule has 0 saturated carbocycles. The van der Waals surface area contributed by atoms with Crippen molar-refractivity contribution in [2.24, 2.45) is 0 Å². The Hall–Kier alpha value is -3.90. The Morgan fingerprint density at radius 2 is 1.81 bits per heavy atom. The fourth-order valence-electron chi connectivity index (χ4n) is 3.89. The molecule has 3 amide bonds. The standard InChI is InChI=1S/C19H16F3N5O5/c20-19(21,22)18(25-11(28)9-26-8-4-7-12(26)29)13-14(23-16(18)31)27(17(32)24-15(13)30)10-5-2-1-3-6-10/h1-3,5-6H,4,7-9H2,(H,23,31)(H,25,28)(H,24,30,32). The maximum Gasteiger partial charge on any atom is 0.425 e. The Labute approximate surface area is 177 Å². The van der Waals surface area contributed by atoms with Gasteiger partial charge in [0.25, 0.3) is 11.5 Å². The van der Waals surface area contributed by atoms with Crippen LogP contribution < -0.4 is 21.9 Å². The second-order valence-corrected chi connectivity index (χ2v) is 7.32. The fraction of sp³-hybridized carbons (Fsp3) is 0.316. The molecular weight excluding hydrogens is 435 g/mol. The van der Waals surface area contributed by atoms with Gasteiger partial charge in [0.15, 0.2) is 0 Å². The number of aromatic amines is 1. The van der Waals surface area contributed by atoms with E-state index in [1.807, 2.05) is 5.32 Å². The van der Waals surface area contributed by atoms with Gasteiger partial charge in [0.05, 0.1) is 12.2 Å². The van der Waals surface area contributed by atoms with Gasteiger partial charge in [-0.3, -0.25) is 24.2 Å². The molecule has 1 unspecified atom stereocenters. The van der Waals surface area contributed by atoms with Crippen LogP contribution in [0.1, 0.15) is 18.4 Å². The maximum atomic E-state index is 14.3. The number of alkyl halides is 3. The van der Waals surface area contributed by atoms with Crippen LogP contribution in [0.15, 0.2) is 39.9 Å². The average molecular weight is 451 g/mol. The molecule has 168 valence electrons. The van der Waals surface area contributed by atoms with E-state index in [9.17, 15) is 37.1 Å². The molecule has 0 radical (unpaired) electrons. The van der Waals surface area contributed by atoms with Crippen molar-refractivity contribution in [2.75, 3.05) is 18.4 Å². The third-order valence-electron chi connectivity index (χ3n) is 5.33. The first-order valence-corrected chi connectivity index (χ1v) is 9.48. The lowest BCUT2D eigenvalue weighted by molar-refractivity contribution is -0.200. The summed E-state index contributed by atoms with van der Waals surface area (Å²) in [7, 11) is 0. The molecule has 1 fully saturated rings. The van der Waals surface area contributed by atoms with Crippen molar-refractivity contribution < 1.29 is 27.6 Å². The molecule has 3 N–H and O–H groups in total. The summed E-state index contributed by atoms with van der Waals surface area (Å²) in [6.07, 6.45) is -4.84. The van der Waals surface area contributed by atoms with Crippen LogP contribution in [-0.2, 0) is 19.9 Å². The zero-order valence-electron chi connectivity index (χ0n) is 16.3. The highest BCUT2D eigenvalue weighted by atomic mass is 19.4. The van der Waals surface area contributed by atoms with Crippen molar-refractivity contribution in [3.63, 3.8) is 0 Å². The van der Waals surface area contributed by atoms with Gasteiger partial charge in [-0.15, -0.1) is 0 Å². The topological polar surface area (TPSA) is 133 Å². The van der Waals surface area contributed by atoms with Crippen molar-refractivity contribution in [3.8, 4) is 5.69 Å². The number of rotatable bonds is 4. The van der Waals surface area contributed by atoms with Crippen LogP contribution in [0.3, 0.4) is 0 Å². The number of nitrogens with zero attached hydrogens (tertiary/aromatic N) is 2. The van der Waals surface area contributed by atoms with Crippen LogP contribution in [-0.4, -0.2) is 51.4 Å². The van der Waals surface area contributed by atoms with Crippen molar-refractivity contribution in [1.82, 2.24) is 19.8 Å². The normalized spacial score (nSPS) is 20.3. The number of aromatic nitrogens is 2. The van der Waals surface area contributed by atoms with Crippen molar-refractivity contribution in [1.29, 1.82) is 0 Å². The molecule has 1 saturated heterocycles. The van der Waals surface area contributed by atoms with E-state index in [0.717, 1.165) is 4.90 Å². The van der Waals surface area contributed by atoms with Crippen molar-refractivity contribution in [3.05, 3.63) is 56.7 Å². The summed E-state index contributed by atoms with van der Waals surface area (Å²) in [5.41, 5.74) is -7.39. The minimum atomic E-state index is -5.45. The van der Waals surface area contributed by atoms with E-state index in [1.165, 1.54) is 24.3 Å². The van der Waals surface area contributed by atoms with Gasteiger partial charge in [0.2, 0.25) is 17.4 Å². The summed E-state index contributed by atoms with van der Waals surface area (Å²) in [6, 6.07) is 7.37. The van der Waals surface area contributed by atoms with Crippen molar-refractivity contribution in [2.45, 2.75) is 24.6 Å². The van der Waals surface area contributed by atoms with Gasteiger partial charge in [0, 0.05) is 13.0 Å². The molecule has 1 aromatic carbocycles. The number of H-pyrrole nitrogens is 1. The monoisotopic (exact) mass is 451 g/mol. The molecule has 3 heterocycles. The van der Waals surface area contributed by atoms with E-state index in [0.29, 0.717) is 11.0 Å². The average Bonchev–Trinajstić information content (AvgIpc) is 3.23. The molecular formula is C19H16F3N5O5. The van der Waals surface area contributed by atoms with Crippen molar-refractivity contribution >= 4 is 23.5 Å². The lowest BCUT2D eigenvalue weighted by Crippen LogP contribution is -2.63. The Bertz CT molecular complexity index is 1240. The SMILES string of the molecule is O=C(CN1CCCC1=O)NC1(C(F)(F)F)C(=O)Nc2c1c(=O)[nH]c(=O)n2-c1ccccc1. The van der Waals surface area contributed by atoms with Crippen LogP contribution in [0.2, 0.25) is 0 Å². The maximum absolute atomic E-state index is 14.3. The largest absolute Gasteiger partial charge is 0.425 e. The molecule has 2 aliphatic heterocycles. The highest BCUT2D eigenvalue weighted by Crippen LogP contribution is 2.45. The van der Waals surface area contributed by atoms with Gasteiger partial charge in [0.1, 0.15) is 11.4 Å². The Morgan fingerprint density at radius 3 is 2.41 bits per heavy atom. The van der Waals surface area contributed by atoms with Crippen LogP contribution in [0.4, 0.5) is 19.0 Å². The van der Waals surface area contributed by atoms with E-state index in [4.69, 9.17) is 0 Å². The molecule has 32 heavy (non-hydrogen) atoms. The quantitative estimate of drug-likeness (QED) is 0.601. The minimum absolute atomic E-state index is 0.0808. The summed E-state index contributed by atoms with van der Waals surface area (Å²) in [4.78, 5) is 64.7. The van der Waals surface area contributed by atoms with Gasteiger partial charge >= 0.3 is 11.9 Å². The number of anilines is 1. The molecule has 0 aliphatic carbocycles. The number of amides is 3. The van der Waals surface area contributed by atoms with Gasteiger partial charge in [-0.25, -0.2) is 9.36 Å². The number of likely N-dealkylation sites (tertiary alicyclic amines) is 1. The van der Waals surface area contributed by atoms with E-state index in [2.05, 4.69) is 0 Å². The number of hydrogen-bond acceptors (Lipinski definition) is 5. The molecule has 4 rings (SSSR count). The Morgan fingerprint density at radius 1 is 1.12 bits per heavy atom. The summed E-state index contributed by atoms with van der Waals surface area (Å²) in [5.74, 6) is -4.14. The first-order valence-electron chi connectivity index (χ1n) is 9.48. The molecule has 2 aromatic rings. The summed E-state index contributed by atoms with van der Waals surface area (Å²) < 4.78 is 43.6. The van der Waals surface area contributed by atoms with Crippen LogP contribution in [0.25, 0.3) is 5.69 Å². The molecule has 2 aliphatic rings. The highest BCUT2D eigenvalue weighted by Gasteiger charge is 2.68. The highest BCUT2D eigenvalue weighted by molar-refractivity contribution is 6.08. The van der Waals surface area contributed by atoms with Gasteiger partial charge in [-0.2, -0.15) is 13.2 Å². The third kappa shape index (κ3) is 3.16. The molecule has 0 bridgehead atoms. The lowest BCUT2D eigenvalue weighted by atomic mass is 9.92. The summed E-state index contributed by atoms with van der Waals surface area (Å²) >= 11 is 0. The van der Waals surface area contributed by atoms with Gasteiger partial charge < -0.3 is 15.5 Å². The minimum Gasteiger partial charge on any atom is -0.333 e. The zero-order chi connectivity index (χ0) is 23.3. The van der Waals surface area contributed by atoms with E-state index in [1.54, 1.807) is 16.4 Å². The van der Waals surface area contributed by atoms with E-state index >= 15 is 0 Å². The summed E-state index contributed by atoms with van der Waals surface area (Å²) in [5, 5.41) is 3.56. The van der Waals surface area contributed by atoms with Crippen LogP contribution in [0, 0.1) is 0 Å². The number of fused-ring (bicyclic) bond motifs is 1. The smallest absolute Gasteiger partial charge is 0.333 e. The number of carbonyl (C=O) groups excluding carboxylic acids is 3. The molecule has 1 aromatic heterocycles. The first kappa shape index (κ1) is 21.3. The number of nitrogens with one attached hydrogen (secondary N) is 3. The predicted octanol–water partition coefficient (Wildman–Crippen LogP) is -0.0259. The van der Waals surface area contributed by atoms with Crippen LogP contribution >= 0.6 is 0 Å². The van der Waals surface area contributed by atoms with E-state index < -0.39 is 58.6 Å². The van der Waals surface area contributed by atoms with Gasteiger partial charge in [-0.1, -0.05) is 18.2 Å². The number of halogens is 3. The second kappa shape index (κ2) is 7.35. The Balaban J connectivity index is 1.87. The van der Waals surface area contributed by atoms with Gasteiger partial charge in [-0.05, 0) is 18.6 Å².